The Morgan fingerprint density at radius 2 is 0.731 bits per heavy atom. The summed E-state index contributed by atoms with van der Waals surface area (Å²) in [5, 5.41) is 0. The summed E-state index contributed by atoms with van der Waals surface area (Å²) in [6, 6.07) is 17.5. The molecule has 0 bridgehead atoms. The minimum Gasteiger partial charge on any atom is -0.287 e. The van der Waals surface area contributed by atoms with Crippen molar-refractivity contribution in [2.75, 3.05) is 0 Å². The van der Waals surface area contributed by atoms with E-state index in [4.69, 9.17) is 0 Å². The molecule has 0 fully saturated rings. The molecule has 1 heterocycles. The van der Waals surface area contributed by atoms with Gasteiger partial charge in [0.05, 0.1) is 6.20 Å². The summed E-state index contributed by atoms with van der Waals surface area (Å²) in [5.74, 6) is -71.3. The van der Waals surface area contributed by atoms with E-state index in [0.717, 1.165) is 16.8 Å². The molecule has 0 unspecified atom stereocenters. The molecule has 0 aliphatic heterocycles. The Morgan fingerprint density at radius 1 is 0.433 bits per heavy atom. The van der Waals surface area contributed by atoms with E-state index in [1.807, 2.05) is 65.5 Å². The van der Waals surface area contributed by atoms with E-state index in [1.165, 1.54) is 5.56 Å². The van der Waals surface area contributed by atoms with Crippen LogP contribution in [0.4, 0.5) is 87.8 Å². The maximum Gasteiger partial charge on any atom is 0.227 e. The van der Waals surface area contributed by atoms with Crippen LogP contribution < -0.4 is 26.4 Å². The molecule has 0 atom stereocenters. The van der Waals surface area contributed by atoms with E-state index in [9.17, 15) is 57.5 Å². The van der Waals surface area contributed by atoms with Crippen molar-refractivity contribution >= 4 is 33.8 Å². The van der Waals surface area contributed by atoms with E-state index >= 15 is 35.1 Å². The molecule has 0 saturated carbocycles. The minimum absolute atomic E-state index is 0.0903. The van der Waals surface area contributed by atoms with Crippen LogP contribution in [0.15, 0.2) is 73.2 Å². The van der Waals surface area contributed by atoms with Crippen LogP contribution in [-0.2, 0) is 6.54 Å². The molecule has 0 N–H and O–H groups in total. The number of halogens is 20. The number of Topliss-reactive ketones (excluding diaryl/α,β-unsaturated/α-hetero) is 1. The molecule has 348 valence electrons. The smallest absolute Gasteiger partial charge is 0.227 e. The van der Waals surface area contributed by atoms with E-state index in [-0.39, 0.29) is 5.78 Å². The minimum atomic E-state index is -7.22. The lowest BCUT2D eigenvalue weighted by atomic mass is 9.12. The number of ketones is 1. The van der Waals surface area contributed by atoms with Gasteiger partial charge < -0.3 is 0 Å². The van der Waals surface area contributed by atoms with Crippen LogP contribution in [0.3, 0.4) is 0 Å². The summed E-state index contributed by atoms with van der Waals surface area (Å²) >= 11 is 0. The lowest BCUT2D eigenvalue weighted by Gasteiger charge is -2.44. The molecular formula is C43H17BF20N2O. The number of carbonyl (C=O) groups excluding carboxylic acids is 1. The van der Waals surface area contributed by atoms with Crippen molar-refractivity contribution in [2.24, 2.45) is 0 Å². The van der Waals surface area contributed by atoms with Crippen molar-refractivity contribution in [3.8, 4) is 11.3 Å². The molecule has 1 aromatic heterocycles. The Bertz CT molecular complexity index is 2770. The van der Waals surface area contributed by atoms with Gasteiger partial charge in [-0.05, 0) is 12.5 Å². The lowest BCUT2D eigenvalue weighted by molar-refractivity contribution is -0.683. The third kappa shape index (κ3) is 8.00. The predicted molar refractivity (Wildman–Crippen MR) is 195 cm³/mol. The molecule has 0 amide bonds. The maximum atomic E-state index is 15.4. The number of nitrogens with zero attached hydrogens (tertiary/aromatic N) is 2. The van der Waals surface area contributed by atoms with Crippen LogP contribution in [0.25, 0.3) is 11.3 Å². The zero-order chi connectivity index (χ0) is 49.7. The van der Waals surface area contributed by atoms with Gasteiger partial charge in [-0.15, -0.1) is 21.9 Å². The number of aromatic nitrogens is 2. The van der Waals surface area contributed by atoms with Gasteiger partial charge in [-0.25, -0.2) is 92.8 Å². The molecule has 24 heteroatoms. The first-order chi connectivity index (χ1) is 31.4. The van der Waals surface area contributed by atoms with Crippen molar-refractivity contribution in [3.63, 3.8) is 0 Å². The van der Waals surface area contributed by atoms with E-state index in [2.05, 4.69) is 18.0 Å². The van der Waals surface area contributed by atoms with Gasteiger partial charge in [-0.1, -0.05) is 54.6 Å². The largest absolute Gasteiger partial charge is 0.287 e. The quantitative estimate of drug-likeness (QED) is 0.0381. The summed E-state index contributed by atoms with van der Waals surface area (Å²) in [6.45, 7) is 2.37. The highest BCUT2D eigenvalue weighted by Crippen LogP contribution is 2.31. The highest BCUT2D eigenvalue weighted by Gasteiger charge is 2.52. The fourth-order valence-corrected chi connectivity index (χ4v) is 7.29. The highest BCUT2D eigenvalue weighted by atomic mass is 19.2. The van der Waals surface area contributed by atoms with Gasteiger partial charge in [0.2, 0.25) is 12.3 Å². The zero-order valence-corrected chi connectivity index (χ0v) is 32.6. The second kappa shape index (κ2) is 18.5. The number of benzene rings is 6. The standard InChI is InChI=1S/C24BF20.C19H17N2O/c26-5-1(6(27)14(35)21(42)13(5)34)25(2-7(28)15(36)22(43)16(37)8(2)29,3-9(30)17(38)23(44)18(39)10(3)31)4-11(32)19(40)24(45)20(41)12(4)33;1-15-7-5-6-10-17(15)18-13-21(12-11-20-18)14-19(22)16-8-3-2-4-9-16/h;2-13H,14H2,1H3/q-1;+1. The number of aryl methyl sites for hydroxylation is 1. The molecule has 0 saturated heterocycles. The van der Waals surface area contributed by atoms with Gasteiger partial charge in [0.1, 0.15) is 58.4 Å². The first-order valence-corrected chi connectivity index (χ1v) is 18.2. The van der Waals surface area contributed by atoms with Crippen molar-refractivity contribution in [1.82, 2.24) is 4.98 Å². The van der Waals surface area contributed by atoms with Crippen molar-refractivity contribution in [2.45, 2.75) is 13.5 Å². The Morgan fingerprint density at radius 3 is 1.06 bits per heavy atom. The van der Waals surface area contributed by atoms with E-state index in [1.54, 1.807) is 6.20 Å². The molecule has 7 aromatic rings. The van der Waals surface area contributed by atoms with E-state index < -0.39 is 144 Å². The van der Waals surface area contributed by atoms with Gasteiger partial charge in [0.15, 0.2) is 82.2 Å². The summed E-state index contributed by atoms with van der Waals surface area (Å²) in [5.41, 5.74) is -10.5. The average molecular weight is 968 g/mol. The van der Waals surface area contributed by atoms with Gasteiger partial charge in [0.25, 0.3) is 0 Å². The van der Waals surface area contributed by atoms with Crippen LogP contribution in [0.5, 0.6) is 0 Å². The van der Waals surface area contributed by atoms with Crippen molar-refractivity contribution in [3.05, 3.63) is 201 Å². The average Bonchev–Trinajstić information content (AvgIpc) is 3.32. The van der Waals surface area contributed by atoms with Crippen LogP contribution in [0.2, 0.25) is 0 Å². The Hall–Kier alpha value is -7.27. The number of hydrogen-bond donors (Lipinski definition) is 0. The monoisotopic (exact) mass is 968 g/mol. The fraction of sp³-hybridized carbons (Fsp3) is 0.0465. The highest BCUT2D eigenvalue weighted by molar-refractivity contribution is 7.20. The second-order valence-electron chi connectivity index (χ2n) is 14.0. The molecule has 0 aliphatic rings. The summed E-state index contributed by atoms with van der Waals surface area (Å²) in [7, 11) is 0. The summed E-state index contributed by atoms with van der Waals surface area (Å²) in [4.78, 5) is 16.7. The SMILES string of the molecule is Cc1ccccc1-c1c[n+](CC(=O)c2ccccc2)ccn1.Fc1c(F)c(F)c([B-](c2c(F)c(F)c(F)c(F)c2F)(c2c(F)c(F)c(F)c(F)c2F)c2c(F)c(F)c(F)c(F)c2F)c(F)c1F. The van der Waals surface area contributed by atoms with E-state index in [0.29, 0.717) is 6.54 Å². The normalized spacial score (nSPS) is 11.5. The number of hydrogen-bond acceptors (Lipinski definition) is 2. The summed E-state index contributed by atoms with van der Waals surface area (Å²) < 4.78 is 296. The number of rotatable bonds is 8. The van der Waals surface area contributed by atoms with Crippen LogP contribution >= 0.6 is 0 Å². The van der Waals surface area contributed by atoms with Gasteiger partial charge in [-0.2, -0.15) is 4.57 Å². The van der Waals surface area contributed by atoms with Crippen LogP contribution in [0.1, 0.15) is 15.9 Å². The summed E-state index contributed by atoms with van der Waals surface area (Å²) in [6.07, 6.45) is -1.74. The molecule has 0 radical (unpaired) electrons. The zero-order valence-electron chi connectivity index (χ0n) is 32.6. The maximum absolute atomic E-state index is 15.4. The second-order valence-corrected chi connectivity index (χ2v) is 14.0. The van der Waals surface area contributed by atoms with Crippen molar-refractivity contribution in [1.29, 1.82) is 0 Å². The Kier molecular flexibility index (Phi) is 13.6. The van der Waals surface area contributed by atoms with Crippen LogP contribution in [0, 0.1) is 123 Å². The number of carbonyl (C=O) groups is 1. The predicted octanol–water partition coefficient (Wildman–Crippen LogP) is 9.07. The Balaban J connectivity index is 0.000000279. The Labute approximate surface area is 361 Å². The molecule has 6 aromatic carbocycles. The molecule has 7 rings (SSSR count). The molecule has 0 aliphatic carbocycles. The lowest BCUT2D eigenvalue weighted by Crippen LogP contribution is -2.81. The topological polar surface area (TPSA) is 33.8 Å². The fourth-order valence-electron chi connectivity index (χ4n) is 7.29. The first-order valence-electron chi connectivity index (χ1n) is 18.2. The molecular weight excluding hydrogens is 951 g/mol. The molecule has 3 nitrogen and oxygen atoms in total. The first kappa shape index (κ1) is 49.2. The molecule has 67 heavy (non-hydrogen) atoms. The van der Waals surface area contributed by atoms with Gasteiger partial charge in [-0.3, -0.25) is 4.79 Å². The third-order valence-electron chi connectivity index (χ3n) is 10.3. The molecule has 0 spiro atoms. The van der Waals surface area contributed by atoms with Crippen molar-refractivity contribution < 1.29 is 97.2 Å². The third-order valence-corrected chi connectivity index (χ3v) is 10.3. The van der Waals surface area contributed by atoms with Gasteiger partial charge >= 0.3 is 0 Å². The van der Waals surface area contributed by atoms with Crippen LogP contribution in [-0.4, -0.2) is 16.9 Å². The van der Waals surface area contributed by atoms with Gasteiger partial charge in [0, 0.05) is 11.1 Å².